The summed E-state index contributed by atoms with van der Waals surface area (Å²) in [5, 5.41) is 3.65. The van der Waals surface area contributed by atoms with Gasteiger partial charge >= 0.3 is 0 Å². The lowest BCUT2D eigenvalue weighted by Gasteiger charge is -2.31. The van der Waals surface area contributed by atoms with Crippen molar-refractivity contribution in [3.8, 4) is 0 Å². The second-order valence-corrected chi connectivity index (χ2v) is 9.24. The summed E-state index contributed by atoms with van der Waals surface area (Å²) in [6.45, 7) is 2.96. The standard InChI is InChI=1S/C27H26ClFN4O/c28-21-9-7-19(8-10-21)16-33-25-6-2-1-5-24(25)31-26(33)18-32-15-3-4-20(17-32)27(34)30-23-13-11-22(29)12-14-23/h1-2,5-14,20H,3-4,15-18H2,(H,30,34)/t20-/m0/s1. The van der Waals surface area contributed by atoms with Gasteiger partial charge in [-0.05, 0) is 73.5 Å². The average molecular weight is 477 g/mol. The molecule has 1 N–H and O–H groups in total. The largest absolute Gasteiger partial charge is 0.326 e. The van der Waals surface area contributed by atoms with Crippen molar-refractivity contribution in [3.05, 3.63) is 95.0 Å². The molecule has 0 spiro atoms. The number of carbonyl (C=O) groups excluding carboxylic acids is 1. The average Bonchev–Trinajstić information content (AvgIpc) is 3.19. The summed E-state index contributed by atoms with van der Waals surface area (Å²) < 4.78 is 15.4. The van der Waals surface area contributed by atoms with E-state index in [-0.39, 0.29) is 17.6 Å². The van der Waals surface area contributed by atoms with Crippen LogP contribution in [0.1, 0.15) is 24.2 Å². The topological polar surface area (TPSA) is 50.2 Å². The number of fused-ring (bicyclic) bond motifs is 1. The molecule has 2 heterocycles. The molecule has 4 aromatic rings. The first-order valence-corrected chi connectivity index (χ1v) is 11.9. The van der Waals surface area contributed by atoms with E-state index in [1.807, 2.05) is 42.5 Å². The second kappa shape index (κ2) is 9.95. The van der Waals surface area contributed by atoms with E-state index in [9.17, 15) is 9.18 Å². The lowest BCUT2D eigenvalue weighted by Crippen LogP contribution is -2.40. The van der Waals surface area contributed by atoms with Gasteiger partial charge in [0, 0.05) is 23.8 Å². The van der Waals surface area contributed by atoms with E-state index in [4.69, 9.17) is 16.6 Å². The highest BCUT2D eigenvalue weighted by Crippen LogP contribution is 2.24. The molecule has 5 rings (SSSR count). The quantitative estimate of drug-likeness (QED) is 0.386. The summed E-state index contributed by atoms with van der Waals surface area (Å²) in [5.74, 6) is 0.526. The van der Waals surface area contributed by atoms with Crippen LogP contribution in [-0.2, 0) is 17.9 Å². The predicted octanol–water partition coefficient (Wildman–Crippen LogP) is 5.73. The molecule has 0 bridgehead atoms. The number of nitrogens with zero attached hydrogens (tertiary/aromatic N) is 3. The van der Waals surface area contributed by atoms with Gasteiger partial charge in [-0.1, -0.05) is 35.9 Å². The Morgan fingerprint density at radius 1 is 1.03 bits per heavy atom. The molecule has 34 heavy (non-hydrogen) atoms. The van der Waals surface area contributed by atoms with Crippen molar-refractivity contribution in [2.45, 2.75) is 25.9 Å². The van der Waals surface area contributed by atoms with E-state index < -0.39 is 0 Å². The third kappa shape index (κ3) is 5.13. The SMILES string of the molecule is O=C(Nc1ccc(F)cc1)[C@H]1CCCN(Cc2nc3ccccc3n2Cc2ccc(Cl)cc2)C1. The Hall–Kier alpha value is -3.22. The van der Waals surface area contributed by atoms with Gasteiger partial charge in [-0.15, -0.1) is 0 Å². The van der Waals surface area contributed by atoms with E-state index in [2.05, 4.69) is 20.9 Å². The molecular formula is C27H26ClFN4O. The van der Waals surface area contributed by atoms with Crippen molar-refractivity contribution in [1.82, 2.24) is 14.5 Å². The van der Waals surface area contributed by atoms with Crippen molar-refractivity contribution in [3.63, 3.8) is 0 Å². The fourth-order valence-corrected chi connectivity index (χ4v) is 4.71. The second-order valence-electron chi connectivity index (χ2n) is 8.80. The predicted molar refractivity (Wildman–Crippen MR) is 133 cm³/mol. The highest BCUT2D eigenvalue weighted by Gasteiger charge is 2.27. The molecule has 0 radical (unpaired) electrons. The Labute approximate surface area is 203 Å². The molecule has 3 aromatic carbocycles. The number of nitrogens with one attached hydrogen (secondary N) is 1. The number of hydrogen-bond acceptors (Lipinski definition) is 3. The molecule has 1 amide bonds. The molecule has 1 saturated heterocycles. The van der Waals surface area contributed by atoms with Gasteiger partial charge in [0.15, 0.2) is 0 Å². The van der Waals surface area contributed by atoms with E-state index in [0.717, 1.165) is 46.8 Å². The van der Waals surface area contributed by atoms with Crippen LogP contribution in [0.25, 0.3) is 11.0 Å². The van der Waals surface area contributed by atoms with Gasteiger partial charge in [-0.2, -0.15) is 0 Å². The fraction of sp³-hybridized carbons (Fsp3) is 0.259. The smallest absolute Gasteiger partial charge is 0.228 e. The lowest BCUT2D eigenvalue weighted by molar-refractivity contribution is -0.121. The van der Waals surface area contributed by atoms with Crippen LogP contribution in [0.2, 0.25) is 5.02 Å². The number of hydrogen-bond donors (Lipinski definition) is 1. The van der Waals surface area contributed by atoms with Crippen LogP contribution in [0, 0.1) is 11.7 Å². The van der Waals surface area contributed by atoms with Gasteiger partial charge in [0.1, 0.15) is 11.6 Å². The Morgan fingerprint density at radius 2 is 1.79 bits per heavy atom. The zero-order valence-corrected chi connectivity index (χ0v) is 19.5. The Balaban J connectivity index is 1.32. The number of anilines is 1. The molecule has 1 atom stereocenters. The number of likely N-dealkylation sites (tertiary alicyclic amines) is 1. The Kier molecular flexibility index (Phi) is 6.61. The van der Waals surface area contributed by atoms with Crippen molar-refractivity contribution in [1.29, 1.82) is 0 Å². The maximum Gasteiger partial charge on any atom is 0.228 e. The van der Waals surface area contributed by atoms with Gasteiger partial charge in [-0.3, -0.25) is 9.69 Å². The van der Waals surface area contributed by atoms with Gasteiger partial charge in [0.2, 0.25) is 5.91 Å². The number of amides is 1. The highest BCUT2D eigenvalue weighted by molar-refractivity contribution is 6.30. The summed E-state index contributed by atoms with van der Waals surface area (Å²) >= 11 is 6.07. The number of carbonyl (C=O) groups is 1. The summed E-state index contributed by atoms with van der Waals surface area (Å²) in [5.41, 5.74) is 3.83. The van der Waals surface area contributed by atoms with Crippen molar-refractivity contribution >= 4 is 34.2 Å². The molecular weight excluding hydrogens is 451 g/mol. The number of para-hydroxylation sites is 2. The third-order valence-electron chi connectivity index (χ3n) is 6.34. The lowest BCUT2D eigenvalue weighted by atomic mass is 9.97. The maximum atomic E-state index is 13.2. The van der Waals surface area contributed by atoms with E-state index in [1.165, 1.54) is 12.1 Å². The Bertz CT molecular complexity index is 1290. The maximum absolute atomic E-state index is 13.2. The molecule has 0 unspecified atom stereocenters. The van der Waals surface area contributed by atoms with Crippen LogP contribution < -0.4 is 5.32 Å². The monoisotopic (exact) mass is 476 g/mol. The van der Waals surface area contributed by atoms with Crippen molar-refractivity contribution < 1.29 is 9.18 Å². The molecule has 7 heteroatoms. The minimum Gasteiger partial charge on any atom is -0.326 e. The number of rotatable bonds is 6. The molecule has 5 nitrogen and oxygen atoms in total. The molecule has 174 valence electrons. The highest BCUT2D eigenvalue weighted by atomic mass is 35.5. The number of benzene rings is 3. The van der Waals surface area contributed by atoms with Gasteiger partial charge < -0.3 is 9.88 Å². The van der Waals surface area contributed by atoms with Crippen LogP contribution >= 0.6 is 11.6 Å². The summed E-state index contributed by atoms with van der Waals surface area (Å²) in [7, 11) is 0. The molecule has 1 fully saturated rings. The van der Waals surface area contributed by atoms with Crippen LogP contribution in [0.5, 0.6) is 0 Å². The molecule has 0 saturated carbocycles. The van der Waals surface area contributed by atoms with E-state index >= 15 is 0 Å². The number of imidazole rings is 1. The summed E-state index contributed by atoms with van der Waals surface area (Å²) in [4.78, 5) is 20.1. The van der Waals surface area contributed by atoms with Crippen molar-refractivity contribution in [2.75, 3.05) is 18.4 Å². The zero-order valence-electron chi connectivity index (χ0n) is 18.8. The minimum atomic E-state index is -0.316. The minimum absolute atomic E-state index is 0.0222. The molecule has 1 aliphatic rings. The summed E-state index contributed by atoms with van der Waals surface area (Å²) in [6, 6.07) is 21.9. The molecule has 0 aliphatic carbocycles. The first-order valence-electron chi connectivity index (χ1n) is 11.5. The Morgan fingerprint density at radius 3 is 2.59 bits per heavy atom. The molecule has 1 aromatic heterocycles. The number of aromatic nitrogens is 2. The number of halogens is 2. The van der Waals surface area contributed by atoms with Crippen LogP contribution in [-0.4, -0.2) is 33.4 Å². The van der Waals surface area contributed by atoms with Crippen LogP contribution in [0.15, 0.2) is 72.8 Å². The molecule has 1 aliphatic heterocycles. The first kappa shape index (κ1) is 22.6. The first-order chi connectivity index (χ1) is 16.5. The van der Waals surface area contributed by atoms with Crippen LogP contribution in [0.3, 0.4) is 0 Å². The van der Waals surface area contributed by atoms with E-state index in [0.29, 0.717) is 25.3 Å². The fourth-order valence-electron chi connectivity index (χ4n) is 4.59. The zero-order chi connectivity index (χ0) is 23.5. The van der Waals surface area contributed by atoms with Gasteiger partial charge in [0.05, 0.1) is 23.5 Å². The van der Waals surface area contributed by atoms with Crippen molar-refractivity contribution in [2.24, 2.45) is 5.92 Å². The summed E-state index contributed by atoms with van der Waals surface area (Å²) in [6.07, 6.45) is 1.78. The van der Waals surface area contributed by atoms with E-state index in [1.54, 1.807) is 12.1 Å². The third-order valence-corrected chi connectivity index (χ3v) is 6.59. The normalized spacial score (nSPS) is 16.6. The van der Waals surface area contributed by atoms with Gasteiger partial charge in [0.25, 0.3) is 0 Å². The number of piperidine rings is 1. The van der Waals surface area contributed by atoms with Gasteiger partial charge in [-0.25, -0.2) is 9.37 Å². The van der Waals surface area contributed by atoms with Crippen LogP contribution in [0.4, 0.5) is 10.1 Å².